The van der Waals surface area contributed by atoms with Gasteiger partial charge in [-0.1, -0.05) is 38.1 Å². The van der Waals surface area contributed by atoms with Gasteiger partial charge in [0, 0.05) is 18.4 Å². The van der Waals surface area contributed by atoms with Crippen LogP contribution in [0.4, 0.5) is 4.39 Å². The Balaban J connectivity index is 0.953. The summed E-state index contributed by atoms with van der Waals surface area (Å²) in [6.07, 6.45) is 10.7. The predicted molar refractivity (Wildman–Crippen MR) is 171 cm³/mol. The minimum absolute atomic E-state index is 0.00762. The van der Waals surface area contributed by atoms with Crippen LogP contribution in [0.5, 0.6) is 0 Å². The summed E-state index contributed by atoms with van der Waals surface area (Å²) in [5, 5.41) is 21.2. The van der Waals surface area contributed by atoms with Crippen LogP contribution >= 0.6 is 0 Å². The fourth-order valence-electron chi connectivity index (χ4n) is 10.3. The molecule has 4 aliphatic carbocycles. The average molecular weight is 616 g/mol. The number of aliphatic hydroxyl groups excluding tert-OH is 1. The molecule has 8 heteroatoms. The van der Waals surface area contributed by atoms with E-state index in [2.05, 4.69) is 29.4 Å². The number of hydrogen-bond acceptors (Lipinski definition) is 5. The van der Waals surface area contributed by atoms with Gasteiger partial charge in [0.25, 0.3) is 11.5 Å². The maximum Gasteiger partial charge on any atom is 0.272 e. The summed E-state index contributed by atoms with van der Waals surface area (Å²) in [4.78, 5) is 25.2. The SMILES string of the molecule is C[C@]12CC[C@@H](O)C[C@@H]1CC[C@@H]1[C@@H]2CC[C@]2(C)[C@@H](OCCNC(=O)c3cc(Cc4n[nH]c(=O)c5ccccc45)ccc3F)CC[C@@H]12. The molecule has 1 heterocycles. The highest BCUT2D eigenvalue weighted by atomic mass is 19.1. The number of hydrogen-bond donors (Lipinski definition) is 3. The Bertz CT molecular complexity index is 1640. The van der Waals surface area contributed by atoms with Crippen molar-refractivity contribution < 1.29 is 19.0 Å². The quantitative estimate of drug-likeness (QED) is 0.276. The molecule has 0 spiro atoms. The highest BCUT2D eigenvalue weighted by molar-refractivity contribution is 5.94. The summed E-state index contributed by atoms with van der Waals surface area (Å²) >= 11 is 0. The van der Waals surface area contributed by atoms with E-state index in [1.807, 2.05) is 12.1 Å². The van der Waals surface area contributed by atoms with Gasteiger partial charge in [-0.2, -0.15) is 5.10 Å². The van der Waals surface area contributed by atoms with E-state index in [0.717, 1.165) is 48.5 Å². The molecule has 4 fully saturated rings. The van der Waals surface area contributed by atoms with Crippen LogP contribution in [0, 0.1) is 40.3 Å². The van der Waals surface area contributed by atoms with Gasteiger partial charge in [-0.05, 0) is 116 Å². The van der Waals surface area contributed by atoms with Crippen molar-refractivity contribution in [1.82, 2.24) is 15.5 Å². The topological polar surface area (TPSA) is 104 Å². The summed E-state index contributed by atoms with van der Waals surface area (Å²) < 4.78 is 21.3. The monoisotopic (exact) mass is 615 g/mol. The number of nitrogens with zero attached hydrogens (tertiary/aromatic N) is 1. The van der Waals surface area contributed by atoms with E-state index in [0.29, 0.717) is 47.9 Å². The molecular weight excluding hydrogens is 569 g/mol. The van der Waals surface area contributed by atoms with E-state index in [1.54, 1.807) is 24.3 Å². The number of aromatic amines is 1. The van der Waals surface area contributed by atoms with Crippen LogP contribution in [0.1, 0.15) is 93.3 Å². The van der Waals surface area contributed by atoms with Gasteiger partial charge in [0.05, 0.1) is 35.5 Å². The summed E-state index contributed by atoms with van der Waals surface area (Å²) in [6.45, 7) is 5.68. The number of aromatic nitrogens is 2. The Morgan fingerprint density at radius 1 is 1.02 bits per heavy atom. The van der Waals surface area contributed by atoms with Crippen LogP contribution in [0.2, 0.25) is 0 Å². The maximum absolute atomic E-state index is 14.8. The second-order valence-electron chi connectivity index (χ2n) is 14.9. The number of carbonyl (C=O) groups is 1. The molecule has 4 aliphatic rings. The number of H-pyrrole nitrogens is 1. The third kappa shape index (κ3) is 5.42. The largest absolute Gasteiger partial charge is 0.393 e. The molecule has 3 aromatic rings. The number of rotatable bonds is 7. The molecule has 3 N–H and O–H groups in total. The zero-order valence-electron chi connectivity index (χ0n) is 26.5. The van der Waals surface area contributed by atoms with Crippen molar-refractivity contribution in [3.63, 3.8) is 0 Å². The molecule has 0 radical (unpaired) electrons. The van der Waals surface area contributed by atoms with Crippen molar-refractivity contribution in [3.05, 3.63) is 75.5 Å². The Morgan fingerprint density at radius 3 is 2.64 bits per heavy atom. The first-order chi connectivity index (χ1) is 21.7. The van der Waals surface area contributed by atoms with Crippen LogP contribution in [0.3, 0.4) is 0 Å². The zero-order valence-corrected chi connectivity index (χ0v) is 26.5. The van der Waals surface area contributed by atoms with Gasteiger partial charge in [0.2, 0.25) is 0 Å². The second kappa shape index (κ2) is 11.9. The Labute approximate surface area is 264 Å². The first-order valence-corrected chi connectivity index (χ1v) is 17.0. The van der Waals surface area contributed by atoms with E-state index in [-0.39, 0.29) is 28.7 Å². The van der Waals surface area contributed by atoms with Gasteiger partial charge in [-0.25, -0.2) is 9.49 Å². The van der Waals surface area contributed by atoms with Crippen LogP contribution in [0.15, 0.2) is 47.3 Å². The molecule has 1 amide bonds. The number of fused-ring (bicyclic) bond motifs is 6. The van der Waals surface area contributed by atoms with Crippen molar-refractivity contribution in [2.75, 3.05) is 13.2 Å². The highest BCUT2D eigenvalue weighted by Crippen LogP contribution is 2.66. The third-order valence-electron chi connectivity index (χ3n) is 12.7. The normalized spacial score (nSPS) is 34.1. The molecule has 8 atom stereocenters. The second-order valence-corrected chi connectivity index (χ2v) is 14.9. The molecule has 2 aromatic carbocycles. The van der Waals surface area contributed by atoms with Crippen molar-refractivity contribution in [3.8, 4) is 0 Å². The number of ether oxygens (including phenoxy) is 1. The number of nitrogens with one attached hydrogen (secondary N) is 2. The molecule has 0 aliphatic heterocycles. The zero-order chi connectivity index (χ0) is 31.3. The summed E-state index contributed by atoms with van der Waals surface area (Å²) in [7, 11) is 0. The van der Waals surface area contributed by atoms with Gasteiger partial charge in [0.15, 0.2) is 0 Å². The minimum atomic E-state index is -0.574. The molecule has 1 aromatic heterocycles. The lowest BCUT2D eigenvalue weighted by Gasteiger charge is -2.60. The summed E-state index contributed by atoms with van der Waals surface area (Å²) in [6, 6.07) is 11.8. The Hall–Kier alpha value is -3.10. The van der Waals surface area contributed by atoms with E-state index < -0.39 is 11.7 Å². The fraction of sp³-hybridized carbons (Fsp3) is 0.595. The highest BCUT2D eigenvalue weighted by Gasteiger charge is 2.60. The predicted octanol–water partition coefficient (Wildman–Crippen LogP) is 6.17. The van der Waals surface area contributed by atoms with E-state index >= 15 is 0 Å². The molecule has 7 rings (SSSR count). The number of benzene rings is 2. The third-order valence-corrected chi connectivity index (χ3v) is 12.7. The molecule has 4 saturated carbocycles. The van der Waals surface area contributed by atoms with Crippen LogP contribution in [-0.4, -0.2) is 46.6 Å². The first-order valence-electron chi connectivity index (χ1n) is 17.0. The Morgan fingerprint density at radius 2 is 1.80 bits per heavy atom. The standard InChI is InChI=1S/C37H46FN3O4/c1-36-15-13-24(42)21-23(36)8-9-27-29-10-12-33(37(29,2)16-14-30(27)36)45-18-17-39-34(43)28-19-22(7-11-31(28)38)20-32-25-5-3-4-6-26(25)35(44)41-40-32/h3-7,11,19,23-24,27,29-30,33,42H,8-10,12-18,20-21H2,1-2H3,(H,39,43)(H,41,44)/t23-,24+,27-,29-,30-,33-,36-,37-/m0/s1. The fourth-order valence-corrected chi connectivity index (χ4v) is 10.3. The van der Waals surface area contributed by atoms with Gasteiger partial charge >= 0.3 is 0 Å². The van der Waals surface area contributed by atoms with E-state index in [9.17, 15) is 19.1 Å². The van der Waals surface area contributed by atoms with Crippen molar-refractivity contribution in [2.24, 2.45) is 34.5 Å². The number of carbonyl (C=O) groups excluding carboxylic acids is 1. The van der Waals surface area contributed by atoms with Crippen LogP contribution in [0.25, 0.3) is 10.8 Å². The summed E-state index contributed by atoms with van der Waals surface area (Å²) in [5.74, 6) is 1.80. The number of amides is 1. The molecule has 240 valence electrons. The van der Waals surface area contributed by atoms with Crippen molar-refractivity contribution in [2.45, 2.75) is 90.3 Å². The van der Waals surface area contributed by atoms with Gasteiger partial charge < -0.3 is 15.2 Å². The lowest BCUT2D eigenvalue weighted by molar-refractivity contribution is -0.140. The van der Waals surface area contributed by atoms with Crippen LogP contribution < -0.4 is 10.9 Å². The number of aliphatic hydroxyl groups is 1. The first kappa shape index (κ1) is 30.5. The Kier molecular flexibility index (Phi) is 8.09. The summed E-state index contributed by atoms with van der Waals surface area (Å²) in [5.41, 5.74) is 1.65. The van der Waals surface area contributed by atoms with Crippen LogP contribution in [-0.2, 0) is 11.2 Å². The molecule has 45 heavy (non-hydrogen) atoms. The maximum atomic E-state index is 14.8. The molecule has 0 bridgehead atoms. The molecule has 7 nitrogen and oxygen atoms in total. The van der Waals surface area contributed by atoms with Gasteiger partial charge in [0.1, 0.15) is 5.82 Å². The van der Waals surface area contributed by atoms with Crippen molar-refractivity contribution >= 4 is 16.7 Å². The van der Waals surface area contributed by atoms with Gasteiger partial charge in [-0.15, -0.1) is 0 Å². The molecule has 0 unspecified atom stereocenters. The van der Waals surface area contributed by atoms with E-state index in [4.69, 9.17) is 4.74 Å². The average Bonchev–Trinajstić information content (AvgIpc) is 3.38. The lowest BCUT2D eigenvalue weighted by Crippen LogP contribution is -2.54. The van der Waals surface area contributed by atoms with Crippen molar-refractivity contribution in [1.29, 1.82) is 0 Å². The smallest absolute Gasteiger partial charge is 0.272 e. The minimum Gasteiger partial charge on any atom is -0.393 e. The molecule has 0 saturated heterocycles. The number of halogens is 1. The lowest BCUT2D eigenvalue weighted by atomic mass is 9.45. The van der Waals surface area contributed by atoms with E-state index in [1.165, 1.54) is 38.2 Å². The molecular formula is C37H46FN3O4. The van der Waals surface area contributed by atoms with Gasteiger partial charge in [-0.3, -0.25) is 9.59 Å².